The van der Waals surface area contributed by atoms with Gasteiger partial charge in [0.15, 0.2) is 11.6 Å². The molecule has 1 aromatic carbocycles. The van der Waals surface area contributed by atoms with Crippen LogP contribution in [0.15, 0.2) is 18.2 Å². The second kappa shape index (κ2) is 6.98. The predicted molar refractivity (Wildman–Crippen MR) is 78.2 cm³/mol. The Morgan fingerprint density at radius 1 is 1.33 bits per heavy atom. The van der Waals surface area contributed by atoms with Crippen molar-refractivity contribution in [1.29, 1.82) is 0 Å². The van der Waals surface area contributed by atoms with E-state index in [0.717, 1.165) is 45.0 Å². The summed E-state index contributed by atoms with van der Waals surface area (Å²) in [5.74, 6) is -2.48. The number of hydrogen-bond acceptors (Lipinski definition) is 2. The summed E-state index contributed by atoms with van der Waals surface area (Å²) in [6, 6.07) is 3.82. The molecule has 1 amide bonds. The quantitative estimate of drug-likeness (QED) is 0.853. The van der Waals surface area contributed by atoms with Gasteiger partial charge in [0.1, 0.15) is 0 Å². The summed E-state index contributed by atoms with van der Waals surface area (Å²) in [7, 11) is 1.67. The van der Waals surface area contributed by atoms with Crippen LogP contribution in [0.3, 0.4) is 0 Å². The summed E-state index contributed by atoms with van der Waals surface area (Å²) >= 11 is 0. The number of amides is 1. The van der Waals surface area contributed by atoms with E-state index >= 15 is 0 Å². The van der Waals surface area contributed by atoms with E-state index < -0.39 is 17.5 Å². The average molecular weight is 296 g/mol. The van der Waals surface area contributed by atoms with Crippen molar-refractivity contribution < 1.29 is 13.6 Å². The van der Waals surface area contributed by atoms with Crippen molar-refractivity contribution in [1.82, 2.24) is 9.80 Å². The number of likely N-dealkylation sites (tertiary alicyclic amines) is 1. The lowest BCUT2D eigenvalue weighted by molar-refractivity contribution is 0.0637. The van der Waals surface area contributed by atoms with E-state index in [1.807, 2.05) is 0 Å². The Labute approximate surface area is 124 Å². The lowest BCUT2D eigenvalue weighted by atomic mass is 10.0. The van der Waals surface area contributed by atoms with Crippen LogP contribution in [0.1, 0.15) is 36.5 Å². The highest BCUT2D eigenvalue weighted by Gasteiger charge is 2.27. The monoisotopic (exact) mass is 296 g/mol. The molecule has 0 atom stereocenters. The van der Waals surface area contributed by atoms with E-state index in [-0.39, 0.29) is 11.6 Å². The van der Waals surface area contributed by atoms with Crippen LogP contribution in [0, 0.1) is 11.6 Å². The van der Waals surface area contributed by atoms with Crippen LogP contribution >= 0.6 is 0 Å². The number of nitrogens with zero attached hydrogens (tertiary/aromatic N) is 2. The molecule has 0 saturated carbocycles. The number of halogens is 2. The van der Waals surface area contributed by atoms with Gasteiger partial charge in [-0.25, -0.2) is 8.78 Å². The summed E-state index contributed by atoms with van der Waals surface area (Å²) in [4.78, 5) is 16.3. The molecule has 0 aliphatic carbocycles. The van der Waals surface area contributed by atoms with E-state index in [1.165, 1.54) is 12.1 Å². The first-order valence-corrected chi connectivity index (χ1v) is 7.48. The number of carbonyl (C=O) groups excluding carboxylic acids is 1. The average Bonchev–Trinajstić information content (AvgIpc) is 2.50. The van der Waals surface area contributed by atoms with Gasteiger partial charge in [-0.3, -0.25) is 4.79 Å². The summed E-state index contributed by atoms with van der Waals surface area (Å²) in [5.41, 5.74) is -0.187. The smallest absolute Gasteiger partial charge is 0.256 e. The highest BCUT2D eigenvalue weighted by Crippen LogP contribution is 2.20. The lowest BCUT2D eigenvalue weighted by Gasteiger charge is -2.36. The standard InChI is InChI=1S/C16H22F2N2O/c1-3-9-20-10-7-12(8-11-20)19(2)16(21)13-5-4-6-14(17)15(13)18/h4-6,12H,3,7-11H2,1-2H3. The molecule has 1 aliphatic rings. The first kappa shape index (κ1) is 15.9. The molecule has 0 aromatic heterocycles. The Morgan fingerprint density at radius 2 is 2.00 bits per heavy atom. The van der Waals surface area contributed by atoms with Gasteiger partial charge < -0.3 is 9.80 Å². The van der Waals surface area contributed by atoms with Crippen LogP contribution in [0.2, 0.25) is 0 Å². The predicted octanol–water partition coefficient (Wildman–Crippen LogP) is 2.91. The topological polar surface area (TPSA) is 23.6 Å². The Bertz CT molecular complexity index is 499. The van der Waals surface area contributed by atoms with Crippen molar-refractivity contribution in [2.24, 2.45) is 0 Å². The van der Waals surface area contributed by atoms with E-state index in [9.17, 15) is 13.6 Å². The van der Waals surface area contributed by atoms with Crippen molar-refractivity contribution in [2.75, 3.05) is 26.7 Å². The Morgan fingerprint density at radius 3 is 2.62 bits per heavy atom. The molecule has 3 nitrogen and oxygen atoms in total. The normalized spacial score (nSPS) is 17.0. The summed E-state index contributed by atoms with van der Waals surface area (Å²) in [6.45, 7) is 5.11. The minimum Gasteiger partial charge on any atom is -0.339 e. The first-order chi connectivity index (χ1) is 10.0. The van der Waals surface area contributed by atoms with E-state index in [1.54, 1.807) is 11.9 Å². The highest BCUT2D eigenvalue weighted by atomic mass is 19.2. The third-order valence-electron chi connectivity index (χ3n) is 4.15. The third-order valence-corrected chi connectivity index (χ3v) is 4.15. The Balaban J connectivity index is 2.02. The van der Waals surface area contributed by atoms with Crippen molar-refractivity contribution >= 4 is 5.91 Å². The summed E-state index contributed by atoms with van der Waals surface area (Å²) in [5, 5.41) is 0. The van der Waals surface area contributed by atoms with Crippen molar-refractivity contribution in [3.63, 3.8) is 0 Å². The molecule has 0 radical (unpaired) electrons. The maximum Gasteiger partial charge on any atom is 0.256 e. The Kier molecular flexibility index (Phi) is 5.28. The maximum absolute atomic E-state index is 13.7. The molecule has 0 unspecified atom stereocenters. The van der Waals surface area contributed by atoms with Gasteiger partial charge in [0.2, 0.25) is 0 Å². The first-order valence-electron chi connectivity index (χ1n) is 7.48. The molecule has 1 aliphatic heterocycles. The van der Waals surface area contributed by atoms with Gasteiger partial charge in [-0.1, -0.05) is 13.0 Å². The number of carbonyl (C=O) groups is 1. The number of benzene rings is 1. The summed E-state index contributed by atoms with van der Waals surface area (Å²) < 4.78 is 26.9. The van der Waals surface area contributed by atoms with Crippen LogP contribution in [0.4, 0.5) is 8.78 Å². The van der Waals surface area contributed by atoms with Gasteiger partial charge in [0.05, 0.1) is 5.56 Å². The van der Waals surface area contributed by atoms with Gasteiger partial charge in [-0.2, -0.15) is 0 Å². The van der Waals surface area contributed by atoms with Gasteiger partial charge in [-0.15, -0.1) is 0 Å². The molecule has 2 rings (SSSR count). The SMILES string of the molecule is CCCN1CCC(N(C)C(=O)c2cccc(F)c2F)CC1. The van der Waals surface area contributed by atoms with E-state index in [0.29, 0.717) is 0 Å². The van der Waals surface area contributed by atoms with Crippen LogP contribution in [-0.2, 0) is 0 Å². The van der Waals surface area contributed by atoms with Gasteiger partial charge >= 0.3 is 0 Å². The van der Waals surface area contributed by atoms with Crippen molar-refractivity contribution in [3.8, 4) is 0 Å². The molecule has 0 spiro atoms. The molecule has 5 heteroatoms. The molecule has 0 bridgehead atoms. The molecule has 1 saturated heterocycles. The molecule has 116 valence electrons. The minimum atomic E-state index is -1.06. The Hall–Kier alpha value is -1.49. The van der Waals surface area contributed by atoms with E-state index in [4.69, 9.17) is 0 Å². The zero-order valence-corrected chi connectivity index (χ0v) is 12.6. The van der Waals surface area contributed by atoms with Gasteiger partial charge in [0.25, 0.3) is 5.91 Å². The lowest BCUT2D eigenvalue weighted by Crippen LogP contribution is -2.45. The van der Waals surface area contributed by atoms with Crippen molar-refractivity contribution in [2.45, 2.75) is 32.2 Å². The highest BCUT2D eigenvalue weighted by molar-refractivity contribution is 5.94. The second-order valence-electron chi connectivity index (χ2n) is 5.59. The zero-order valence-electron chi connectivity index (χ0n) is 12.6. The van der Waals surface area contributed by atoms with Gasteiger partial charge in [-0.05, 0) is 37.9 Å². The third kappa shape index (κ3) is 3.59. The molecular formula is C16H22F2N2O. The maximum atomic E-state index is 13.7. The number of hydrogen-bond donors (Lipinski definition) is 0. The fraction of sp³-hybridized carbons (Fsp3) is 0.562. The second-order valence-corrected chi connectivity index (χ2v) is 5.59. The number of piperidine rings is 1. The zero-order chi connectivity index (χ0) is 15.4. The van der Waals surface area contributed by atoms with Crippen LogP contribution in [-0.4, -0.2) is 48.4 Å². The van der Waals surface area contributed by atoms with Crippen LogP contribution < -0.4 is 0 Å². The molecule has 1 fully saturated rings. The number of rotatable bonds is 4. The molecule has 1 aromatic rings. The molecule has 21 heavy (non-hydrogen) atoms. The van der Waals surface area contributed by atoms with Crippen molar-refractivity contribution in [3.05, 3.63) is 35.4 Å². The largest absolute Gasteiger partial charge is 0.339 e. The summed E-state index contributed by atoms with van der Waals surface area (Å²) in [6.07, 6.45) is 2.87. The molecular weight excluding hydrogens is 274 g/mol. The van der Waals surface area contributed by atoms with Gasteiger partial charge in [0, 0.05) is 26.2 Å². The fourth-order valence-electron chi connectivity index (χ4n) is 2.87. The molecule has 1 heterocycles. The van der Waals surface area contributed by atoms with Crippen LogP contribution in [0.5, 0.6) is 0 Å². The van der Waals surface area contributed by atoms with Crippen LogP contribution in [0.25, 0.3) is 0 Å². The minimum absolute atomic E-state index is 0.0910. The van der Waals surface area contributed by atoms with E-state index in [2.05, 4.69) is 11.8 Å². The fourth-order valence-corrected chi connectivity index (χ4v) is 2.87. The molecule has 0 N–H and O–H groups in total.